The first-order chi connectivity index (χ1) is 7.97. The molecule has 17 heavy (non-hydrogen) atoms. The lowest BCUT2D eigenvalue weighted by molar-refractivity contribution is 0.0756. The number of alkyl halides is 1. The van der Waals surface area contributed by atoms with Crippen LogP contribution in [0.25, 0.3) is 0 Å². The molecule has 0 spiro atoms. The number of amides is 1. The minimum Gasteiger partial charge on any atom is -0.338 e. The smallest absolute Gasteiger partial charge is 0.253 e. The molecule has 0 aromatic heterocycles. The molecule has 1 unspecified atom stereocenters. The second-order valence-electron chi connectivity index (χ2n) is 4.70. The number of carbonyl (C=O) groups excluding carboxylic acids is 1. The molecule has 0 radical (unpaired) electrons. The number of nitrogens with zero attached hydrogens (tertiary/aromatic N) is 1. The summed E-state index contributed by atoms with van der Waals surface area (Å²) in [6, 6.07) is 7.84. The Bertz CT molecular complexity index is 372. The van der Waals surface area contributed by atoms with E-state index in [1.807, 2.05) is 31.2 Å². The minimum atomic E-state index is 0.0217. The van der Waals surface area contributed by atoms with Crippen LogP contribution >= 0.6 is 11.6 Å². The van der Waals surface area contributed by atoms with Gasteiger partial charge in [-0.1, -0.05) is 26.0 Å². The van der Waals surface area contributed by atoms with Gasteiger partial charge in [0.2, 0.25) is 0 Å². The molecule has 1 rings (SSSR count). The lowest BCUT2D eigenvalue weighted by Gasteiger charge is -2.23. The van der Waals surface area contributed by atoms with Crippen LogP contribution in [0, 0.1) is 0 Å². The molecular formula is C14H20ClNO. The zero-order valence-corrected chi connectivity index (χ0v) is 11.7. The Hall–Kier alpha value is -1.02. The van der Waals surface area contributed by atoms with Gasteiger partial charge < -0.3 is 4.90 Å². The van der Waals surface area contributed by atoms with Crippen LogP contribution in [-0.2, 0) is 0 Å². The van der Waals surface area contributed by atoms with Crippen LogP contribution < -0.4 is 0 Å². The molecular weight excluding hydrogens is 234 g/mol. The molecule has 0 fully saturated rings. The van der Waals surface area contributed by atoms with Crippen LogP contribution in [0.3, 0.4) is 0 Å². The predicted molar refractivity (Wildman–Crippen MR) is 72.8 cm³/mol. The third-order valence-corrected chi connectivity index (χ3v) is 3.48. The molecule has 0 saturated carbocycles. The molecule has 94 valence electrons. The van der Waals surface area contributed by atoms with Crippen molar-refractivity contribution >= 4 is 17.5 Å². The van der Waals surface area contributed by atoms with Gasteiger partial charge in [0.1, 0.15) is 0 Å². The lowest BCUT2D eigenvalue weighted by Crippen LogP contribution is -2.36. The number of hydrogen-bond donors (Lipinski definition) is 0. The maximum absolute atomic E-state index is 12.1. The second kappa shape index (κ2) is 6.06. The SMILES string of the molecule is CC(C)c1ccc(C(=O)N(C)C(C)CCl)cc1. The Morgan fingerprint density at radius 1 is 1.24 bits per heavy atom. The molecule has 1 amide bonds. The summed E-state index contributed by atoms with van der Waals surface area (Å²) in [5.41, 5.74) is 1.96. The molecule has 0 bridgehead atoms. The average molecular weight is 254 g/mol. The first-order valence-electron chi connectivity index (χ1n) is 5.90. The normalized spacial score (nSPS) is 12.6. The van der Waals surface area contributed by atoms with Crippen LogP contribution in [0.1, 0.15) is 42.6 Å². The van der Waals surface area contributed by atoms with Gasteiger partial charge in [-0.25, -0.2) is 0 Å². The largest absolute Gasteiger partial charge is 0.338 e. The Kier molecular flexibility index (Phi) is 5.01. The van der Waals surface area contributed by atoms with Crippen LogP contribution in [0.2, 0.25) is 0 Å². The van der Waals surface area contributed by atoms with Crippen molar-refractivity contribution in [1.29, 1.82) is 0 Å². The summed E-state index contributed by atoms with van der Waals surface area (Å²) in [4.78, 5) is 13.8. The van der Waals surface area contributed by atoms with Crippen LogP contribution in [0.5, 0.6) is 0 Å². The number of rotatable bonds is 4. The second-order valence-corrected chi connectivity index (χ2v) is 5.00. The number of halogens is 1. The molecule has 0 aliphatic heterocycles. The molecule has 0 saturated heterocycles. The Labute approximate surface area is 109 Å². The first-order valence-corrected chi connectivity index (χ1v) is 6.44. The van der Waals surface area contributed by atoms with E-state index in [1.165, 1.54) is 5.56 Å². The number of hydrogen-bond acceptors (Lipinski definition) is 1. The third-order valence-electron chi connectivity index (χ3n) is 3.03. The molecule has 1 aromatic carbocycles. The maximum atomic E-state index is 12.1. The van der Waals surface area contributed by atoms with Gasteiger partial charge in [0.25, 0.3) is 5.91 Å². The molecule has 3 heteroatoms. The molecule has 0 N–H and O–H groups in total. The third kappa shape index (κ3) is 3.47. The van der Waals surface area contributed by atoms with E-state index in [0.29, 0.717) is 17.4 Å². The van der Waals surface area contributed by atoms with Gasteiger partial charge in [0.05, 0.1) is 0 Å². The van der Waals surface area contributed by atoms with Gasteiger partial charge in [0.15, 0.2) is 0 Å². The summed E-state index contributed by atoms with van der Waals surface area (Å²) in [6.07, 6.45) is 0. The highest BCUT2D eigenvalue weighted by atomic mass is 35.5. The van der Waals surface area contributed by atoms with Crippen molar-refractivity contribution in [3.8, 4) is 0 Å². The van der Waals surface area contributed by atoms with E-state index in [4.69, 9.17) is 11.6 Å². The monoisotopic (exact) mass is 253 g/mol. The van der Waals surface area contributed by atoms with Gasteiger partial charge in [-0.05, 0) is 30.5 Å². The fourth-order valence-corrected chi connectivity index (χ4v) is 1.72. The summed E-state index contributed by atoms with van der Waals surface area (Å²) in [6.45, 7) is 6.21. The number of carbonyl (C=O) groups is 1. The van der Waals surface area contributed by atoms with Crippen molar-refractivity contribution < 1.29 is 4.79 Å². The standard InChI is InChI=1S/C14H20ClNO/c1-10(2)12-5-7-13(8-6-12)14(17)16(4)11(3)9-15/h5-8,10-11H,9H2,1-4H3. The topological polar surface area (TPSA) is 20.3 Å². The fraction of sp³-hybridized carbons (Fsp3) is 0.500. The van der Waals surface area contributed by atoms with Crippen molar-refractivity contribution in [2.75, 3.05) is 12.9 Å². The fourth-order valence-electron chi connectivity index (χ4n) is 1.52. The quantitative estimate of drug-likeness (QED) is 0.752. The Balaban J connectivity index is 2.83. The van der Waals surface area contributed by atoms with E-state index in [-0.39, 0.29) is 11.9 Å². The van der Waals surface area contributed by atoms with E-state index in [9.17, 15) is 4.79 Å². The molecule has 1 atom stereocenters. The highest BCUT2D eigenvalue weighted by Crippen LogP contribution is 2.16. The zero-order valence-electron chi connectivity index (χ0n) is 10.9. The Morgan fingerprint density at radius 3 is 2.18 bits per heavy atom. The van der Waals surface area contributed by atoms with Gasteiger partial charge in [-0.3, -0.25) is 4.79 Å². The van der Waals surface area contributed by atoms with E-state index < -0.39 is 0 Å². The van der Waals surface area contributed by atoms with Crippen molar-refractivity contribution in [3.05, 3.63) is 35.4 Å². The van der Waals surface area contributed by atoms with Crippen LogP contribution in [0.4, 0.5) is 0 Å². The van der Waals surface area contributed by atoms with E-state index >= 15 is 0 Å². The van der Waals surface area contributed by atoms with Crippen LogP contribution in [-0.4, -0.2) is 29.8 Å². The zero-order chi connectivity index (χ0) is 13.0. The average Bonchev–Trinajstić information content (AvgIpc) is 2.36. The van der Waals surface area contributed by atoms with Crippen molar-refractivity contribution in [3.63, 3.8) is 0 Å². The molecule has 0 heterocycles. The van der Waals surface area contributed by atoms with E-state index in [2.05, 4.69) is 13.8 Å². The van der Waals surface area contributed by atoms with Gasteiger partial charge in [-0.15, -0.1) is 11.6 Å². The molecule has 0 aliphatic carbocycles. The lowest BCUT2D eigenvalue weighted by atomic mass is 10.0. The molecule has 1 aromatic rings. The highest BCUT2D eigenvalue weighted by Gasteiger charge is 2.16. The maximum Gasteiger partial charge on any atom is 0.253 e. The van der Waals surface area contributed by atoms with Crippen molar-refractivity contribution in [1.82, 2.24) is 4.90 Å². The van der Waals surface area contributed by atoms with Crippen molar-refractivity contribution in [2.24, 2.45) is 0 Å². The van der Waals surface area contributed by atoms with Gasteiger partial charge in [0, 0.05) is 24.5 Å². The Morgan fingerprint density at radius 2 is 1.76 bits per heavy atom. The van der Waals surface area contributed by atoms with Crippen LogP contribution in [0.15, 0.2) is 24.3 Å². The van der Waals surface area contributed by atoms with E-state index in [1.54, 1.807) is 11.9 Å². The molecule has 0 aliphatic rings. The van der Waals surface area contributed by atoms with Gasteiger partial charge >= 0.3 is 0 Å². The molecule has 2 nitrogen and oxygen atoms in total. The summed E-state index contributed by atoms with van der Waals surface area (Å²) < 4.78 is 0. The summed E-state index contributed by atoms with van der Waals surface area (Å²) in [5, 5.41) is 0. The number of benzene rings is 1. The summed E-state index contributed by atoms with van der Waals surface area (Å²) in [7, 11) is 1.78. The minimum absolute atomic E-state index is 0.0217. The van der Waals surface area contributed by atoms with Crippen molar-refractivity contribution in [2.45, 2.75) is 32.7 Å². The summed E-state index contributed by atoms with van der Waals surface area (Å²) >= 11 is 5.75. The summed E-state index contributed by atoms with van der Waals surface area (Å²) in [5.74, 6) is 0.957. The van der Waals surface area contributed by atoms with E-state index in [0.717, 1.165) is 0 Å². The van der Waals surface area contributed by atoms with Gasteiger partial charge in [-0.2, -0.15) is 0 Å². The predicted octanol–water partition coefficient (Wildman–Crippen LogP) is 3.51. The highest BCUT2D eigenvalue weighted by molar-refractivity contribution is 6.18. The first kappa shape index (κ1) is 14.0.